The highest BCUT2D eigenvalue weighted by atomic mass is 32.1. The van der Waals surface area contributed by atoms with Crippen molar-refractivity contribution < 1.29 is 19.1 Å². The first kappa shape index (κ1) is 21.8. The summed E-state index contributed by atoms with van der Waals surface area (Å²) < 4.78 is 11.2. The van der Waals surface area contributed by atoms with Gasteiger partial charge in [0, 0.05) is 24.0 Å². The number of carbonyl (C=O) groups is 2. The normalized spacial score (nSPS) is 13.1. The second-order valence-corrected chi connectivity index (χ2v) is 8.30. The number of likely N-dealkylation sites (tertiary alicyclic amines) is 1. The molecule has 1 aliphatic heterocycles. The molecule has 0 bridgehead atoms. The zero-order valence-corrected chi connectivity index (χ0v) is 18.9. The van der Waals surface area contributed by atoms with Gasteiger partial charge in [0.05, 0.1) is 29.6 Å². The van der Waals surface area contributed by atoms with E-state index in [0.29, 0.717) is 34.9 Å². The zero-order chi connectivity index (χ0) is 22.5. The van der Waals surface area contributed by atoms with E-state index in [2.05, 4.69) is 10.3 Å². The largest absolute Gasteiger partial charge is 0.493 e. The molecule has 2 aromatic carbocycles. The van der Waals surface area contributed by atoms with Crippen molar-refractivity contribution in [2.45, 2.75) is 26.4 Å². The molecule has 0 radical (unpaired) electrons. The summed E-state index contributed by atoms with van der Waals surface area (Å²) in [6.07, 6.45) is 2.02. The molecule has 1 aromatic heterocycles. The molecule has 1 aliphatic rings. The van der Waals surface area contributed by atoms with E-state index in [9.17, 15) is 9.59 Å². The monoisotopic (exact) mass is 451 g/mol. The molecule has 3 aromatic rings. The molecule has 0 saturated carbocycles. The molecule has 32 heavy (non-hydrogen) atoms. The van der Waals surface area contributed by atoms with Crippen molar-refractivity contribution in [3.63, 3.8) is 0 Å². The van der Waals surface area contributed by atoms with Gasteiger partial charge in [0.25, 0.3) is 11.8 Å². The highest BCUT2D eigenvalue weighted by Crippen LogP contribution is 2.30. The van der Waals surface area contributed by atoms with Crippen LogP contribution in [-0.4, -0.2) is 41.9 Å². The quantitative estimate of drug-likeness (QED) is 0.571. The van der Waals surface area contributed by atoms with Crippen molar-refractivity contribution >= 4 is 28.8 Å². The van der Waals surface area contributed by atoms with E-state index in [0.717, 1.165) is 37.2 Å². The number of methoxy groups -OCH3 is 1. The lowest BCUT2D eigenvalue weighted by Crippen LogP contribution is -2.29. The number of aryl methyl sites for hydroxylation is 1. The molecule has 1 saturated heterocycles. The Balaban J connectivity index is 1.53. The van der Waals surface area contributed by atoms with Crippen LogP contribution < -0.4 is 14.8 Å². The van der Waals surface area contributed by atoms with Gasteiger partial charge in [-0.25, -0.2) is 4.98 Å². The number of hydrogen-bond donors (Lipinski definition) is 1. The number of nitrogens with one attached hydrogen (secondary N) is 1. The fourth-order valence-corrected chi connectivity index (χ4v) is 4.22. The maximum atomic E-state index is 13.0. The number of para-hydroxylation sites is 1. The van der Waals surface area contributed by atoms with Crippen molar-refractivity contribution in [3.05, 3.63) is 69.7 Å². The minimum atomic E-state index is -0.320. The number of benzene rings is 2. The molecule has 0 aliphatic carbocycles. The van der Waals surface area contributed by atoms with Crippen LogP contribution in [0.1, 0.15) is 44.8 Å². The number of rotatable bonds is 7. The molecular formula is C24H25N3O4S. The van der Waals surface area contributed by atoms with Crippen molar-refractivity contribution in [1.82, 2.24) is 9.88 Å². The highest BCUT2D eigenvalue weighted by Gasteiger charge is 2.24. The van der Waals surface area contributed by atoms with Crippen LogP contribution in [0.15, 0.2) is 47.3 Å². The van der Waals surface area contributed by atoms with Crippen LogP contribution in [0.4, 0.5) is 5.69 Å². The average molecular weight is 452 g/mol. The van der Waals surface area contributed by atoms with Gasteiger partial charge < -0.3 is 19.7 Å². The lowest BCUT2D eigenvalue weighted by Gasteiger charge is -2.19. The van der Waals surface area contributed by atoms with Crippen LogP contribution in [0.2, 0.25) is 0 Å². The summed E-state index contributed by atoms with van der Waals surface area (Å²) in [6, 6.07) is 10.5. The van der Waals surface area contributed by atoms with E-state index in [1.54, 1.807) is 29.8 Å². The summed E-state index contributed by atoms with van der Waals surface area (Å²) in [5.41, 5.74) is 4.86. The van der Waals surface area contributed by atoms with E-state index in [4.69, 9.17) is 9.47 Å². The predicted octanol–water partition coefficient (Wildman–Crippen LogP) is 4.53. The Bertz CT molecular complexity index is 1110. The van der Waals surface area contributed by atoms with Gasteiger partial charge in [-0.05, 0) is 49.6 Å². The zero-order valence-electron chi connectivity index (χ0n) is 18.1. The van der Waals surface area contributed by atoms with E-state index >= 15 is 0 Å². The molecule has 4 rings (SSSR count). The van der Waals surface area contributed by atoms with Gasteiger partial charge in [0.1, 0.15) is 6.61 Å². The molecule has 0 spiro atoms. The average Bonchev–Trinajstić information content (AvgIpc) is 3.53. The van der Waals surface area contributed by atoms with Gasteiger partial charge in [-0.2, -0.15) is 0 Å². The molecule has 1 fully saturated rings. The lowest BCUT2D eigenvalue weighted by atomic mass is 10.1. The molecule has 166 valence electrons. The van der Waals surface area contributed by atoms with Gasteiger partial charge in [-0.3, -0.25) is 9.59 Å². The standard InChI is InChI=1S/C24H25N3O4S/c1-16-6-5-7-19(24(29)27-10-3-4-11-27)22(16)26-23(28)17-8-9-20(21(12-17)30-2)31-13-18-14-32-15-25-18/h5-9,12,14-15H,3-4,10-11,13H2,1-2H3,(H,26,28). The summed E-state index contributed by atoms with van der Waals surface area (Å²) in [5.74, 6) is 0.605. The van der Waals surface area contributed by atoms with Crippen LogP contribution in [0, 0.1) is 6.92 Å². The Morgan fingerprint density at radius 2 is 1.97 bits per heavy atom. The summed E-state index contributed by atoms with van der Waals surface area (Å²) >= 11 is 1.50. The fourth-order valence-electron chi connectivity index (χ4n) is 3.68. The van der Waals surface area contributed by atoms with Gasteiger partial charge >= 0.3 is 0 Å². The Morgan fingerprint density at radius 3 is 2.69 bits per heavy atom. The van der Waals surface area contributed by atoms with Crippen molar-refractivity contribution in [2.75, 3.05) is 25.5 Å². The topological polar surface area (TPSA) is 80.8 Å². The third-order valence-electron chi connectivity index (χ3n) is 5.42. The summed E-state index contributed by atoms with van der Waals surface area (Å²) in [5, 5.41) is 4.85. The van der Waals surface area contributed by atoms with Crippen LogP contribution in [0.3, 0.4) is 0 Å². The molecule has 8 heteroatoms. The third kappa shape index (κ3) is 4.75. The van der Waals surface area contributed by atoms with Gasteiger partial charge in [0.2, 0.25) is 0 Å². The Hall–Kier alpha value is -3.39. The van der Waals surface area contributed by atoms with E-state index in [1.807, 2.05) is 29.3 Å². The number of amides is 2. The summed E-state index contributed by atoms with van der Waals surface area (Å²) in [7, 11) is 1.53. The minimum Gasteiger partial charge on any atom is -0.493 e. The Morgan fingerprint density at radius 1 is 1.16 bits per heavy atom. The number of anilines is 1. The number of aromatic nitrogens is 1. The van der Waals surface area contributed by atoms with Gasteiger partial charge in [-0.15, -0.1) is 11.3 Å². The van der Waals surface area contributed by atoms with E-state index < -0.39 is 0 Å². The number of hydrogen-bond acceptors (Lipinski definition) is 6. The first-order valence-corrected chi connectivity index (χ1v) is 11.4. The van der Waals surface area contributed by atoms with Crippen LogP contribution in [0.25, 0.3) is 0 Å². The maximum Gasteiger partial charge on any atom is 0.255 e. The van der Waals surface area contributed by atoms with E-state index in [-0.39, 0.29) is 11.8 Å². The first-order valence-electron chi connectivity index (χ1n) is 10.4. The summed E-state index contributed by atoms with van der Waals surface area (Å²) in [6.45, 7) is 3.70. The number of carbonyl (C=O) groups excluding carboxylic acids is 2. The second kappa shape index (κ2) is 9.82. The van der Waals surface area contributed by atoms with Gasteiger partial charge in [0.15, 0.2) is 11.5 Å². The minimum absolute atomic E-state index is 0.0510. The Labute approximate surface area is 191 Å². The van der Waals surface area contributed by atoms with Crippen molar-refractivity contribution in [1.29, 1.82) is 0 Å². The van der Waals surface area contributed by atoms with E-state index in [1.165, 1.54) is 18.4 Å². The van der Waals surface area contributed by atoms with Crippen molar-refractivity contribution in [3.8, 4) is 11.5 Å². The molecule has 2 heterocycles. The highest BCUT2D eigenvalue weighted by molar-refractivity contribution is 7.07. The van der Waals surface area contributed by atoms with Crippen LogP contribution in [-0.2, 0) is 6.61 Å². The molecule has 1 N–H and O–H groups in total. The first-order chi connectivity index (χ1) is 15.6. The number of ether oxygens (including phenoxy) is 2. The predicted molar refractivity (Wildman–Crippen MR) is 124 cm³/mol. The van der Waals surface area contributed by atoms with Gasteiger partial charge in [-0.1, -0.05) is 12.1 Å². The molecule has 0 atom stereocenters. The molecule has 2 amide bonds. The maximum absolute atomic E-state index is 13.0. The molecule has 7 nitrogen and oxygen atoms in total. The lowest BCUT2D eigenvalue weighted by molar-refractivity contribution is 0.0793. The SMILES string of the molecule is COc1cc(C(=O)Nc2c(C)cccc2C(=O)N2CCCC2)ccc1OCc1cscn1. The number of nitrogens with zero attached hydrogens (tertiary/aromatic N) is 2. The fraction of sp³-hybridized carbons (Fsp3) is 0.292. The smallest absolute Gasteiger partial charge is 0.255 e. The van der Waals surface area contributed by atoms with Crippen molar-refractivity contribution in [2.24, 2.45) is 0 Å². The molecular weight excluding hydrogens is 426 g/mol. The van der Waals surface area contributed by atoms with Crippen LogP contribution in [0.5, 0.6) is 11.5 Å². The second-order valence-electron chi connectivity index (χ2n) is 7.58. The Kier molecular flexibility index (Phi) is 6.70. The third-order valence-corrected chi connectivity index (χ3v) is 6.06. The van der Waals surface area contributed by atoms with Crippen LogP contribution >= 0.6 is 11.3 Å². The summed E-state index contributed by atoms with van der Waals surface area (Å²) in [4.78, 5) is 32.1. The molecule has 0 unspecified atom stereocenters. The number of thiazole rings is 1.